The molecule has 1 saturated heterocycles. The first-order chi connectivity index (χ1) is 14.5. The minimum Gasteiger partial charge on any atom is -0.339 e. The molecule has 3 aromatic heterocycles. The molecule has 8 heteroatoms. The number of amides is 1. The number of anilines is 1. The van der Waals surface area contributed by atoms with Gasteiger partial charge in [-0.3, -0.25) is 9.20 Å². The largest absolute Gasteiger partial charge is 0.339 e. The first-order valence-corrected chi connectivity index (χ1v) is 9.87. The van der Waals surface area contributed by atoms with Crippen LogP contribution in [0, 0.1) is 13.8 Å². The van der Waals surface area contributed by atoms with Crippen molar-refractivity contribution < 1.29 is 9.32 Å². The quantitative estimate of drug-likeness (QED) is 0.564. The smallest absolute Gasteiger partial charge is 0.274 e. The summed E-state index contributed by atoms with van der Waals surface area (Å²) in [7, 11) is 2.07. The summed E-state index contributed by atoms with van der Waals surface area (Å²) >= 11 is 0. The lowest BCUT2D eigenvalue weighted by atomic mass is 10.0. The molecule has 152 valence electrons. The third kappa shape index (κ3) is 3.15. The predicted octanol–water partition coefficient (Wildman–Crippen LogP) is 3.28. The lowest BCUT2D eigenvalue weighted by Crippen LogP contribution is -2.41. The van der Waals surface area contributed by atoms with Gasteiger partial charge in [0, 0.05) is 30.5 Å². The number of imidazole rings is 1. The Morgan fingerprint density at radius 2 is 2.03 bits per heavy atom. The number of rotatable bonds is 4. The number of pyridine rings is 1. The number of benzene rings is 1. The number of likely N-dealkylation sites (tertiary alicyclic amines) is 1. The van der Waals surface area contributed by atoms with Crippen molar-refractivity contribution in [2.75, 3.05) is 25.5 Å². The van der Waals surface area contributed by atoms with Crippen molar-refractivity contribution in [3.63, 3.8) is 0 Å². The summed E-state index contributed by atoms with van der Waals surface area (Å²) in [4.78, 5) is 24.0. The van der Waals surface area contributed by atoms with E-state index in [0.717, 1.165) is 35.4 Å². The average molecular weight is 402 g/mol. The Balaban J connectivity index is 1.44. The molecule has 0 bridgehead atoms. The maximum atomic E-state index is 12.9. The lowest BCUT2D eigenvalue weighted by Gasteiger charge is -2.33. The Morgan fingerprint density at radius 1 is 1.20 bits per heavy atom. The van der Waals surface area contributed by atoms with E-state index in [9.17, 15) is 4.79 Å². The van der Waals surface area contributed by atoms with Crippen molar-refractivity contribution in [1.82, 2.24) is 24.4 Å². The summed E-state index contributed by atoms with van der Waals surface area (Å²) in [6, 6.07) is 9.55. The van der Waals surface area contributed by atoms with Crippen LogP contribution in [-0.4, -0.2) is 50.5 Å². The van der Waals surface area contributed by atoms with Crippen LogP contribution in [0.15, 0.2) is 47.2 Å². The topological polar surface area (TPSA) is 88.6 Å². The molecule has 4 aromatic rings. The first-order valence-electron chi connectivity index (χ1n) is 9.87. The zero-order valence-corrected chi connectivity index (χ0v) is 17.1. The van der Waals surface area contributed by atoms with Gasteiger partial charge in [0.05, 0.1) is 12.1 Å². The van der Waals surface area contributed by atoms with Gasteiger partial charge in [-0.05, 0) is 50.2 Å². The predicted molar refractivity (Wildman–Crippen MR) is 113 cm³/mol. The third-order valence-corrected chi connectivity index (χ3v) is 5.57. The molecule has 0 aliphatic carbocycles. The summed E-state index contributed by atoms with van der Waals surface area (Å²) in [5.41, 5.74) is 4.74. The van der Waals surface area contributed by atoms with Crippen LogP contribution in [0.3, 0.4) is 0 Å². The molecule has 0 unspecified atom stereocenters. The number of fused-ring (bicyclic) bond motifs is 1. The number of carbonyl (C=O) groups excluding carboxylic acids is 1. The summed E-state index contributed by atoms with van der Waals surface area (Å²) in [6.45, 7) is 5.82. The van der Waals surface area contributed by atoms with Gasteiger partial charge in [-0.15, -0.1) is 0 Å². The minimum absolute atomic E-state index is 0.224. The monoisotopic (exact) mass is 402 g/mol. The Hall–Kier alpha value is -3.52. The van der Waals surface area contributed by atoms with Crippen LogP contribution in [-0.2, 0) is 0 Å². The van der Waals surface area contributed by atoms with E-state index in [1.54, 1.807) is 10.6 Å². The van der Waals surface area contributed by atoms with Gasteiger partial charge in [-0.25, -0.2) is 4.98 Å². The second-order valence-electron chi connectivity index (χ2n) is 7.88. The molecule has 30 heavy (non-hydrogen) atoms. The van der Waals surface area contributed by atoms with Crippen molar-refractivity contribution in [3.8, 4) is 11.4 Å². The molecule has 8 nitrogen and oxygen atoms in total. The highest BCUT2D eigenvalue weighted by molar-refractivity contribution is 6.04. The van der Waals surface area contributed by atoms with Crippen LogP contribution in [0.1, 0.15) is 33.4 Å². The number of aromatic nitrogens is 4. The Morgan fingerprint density at radius 3 is 2.83 bits per heavy atom. The maximum Gasteiger partial charge on any atom is 0.274 e. The zero-order valence-electron chi connectivity index (χ0n) is 17.1. The highest BCUT2D eigenvalue weighted by Gasteiger charge is 2.30. The van der Waals surface area contributed by atoms with Gasteiger partial charge in [0.25, 0.3) is 5.91 Å². The fourth-order valence-corrected chi connectivity index (χ4v) is 3.88. The molecule has 1 fully saturated rings. The molecule has 1 aliphatic rings. The Labute approximate surface area is 173 Å². The van der Waals surface area contributed by atoms with E-state index < -0.39 is 0 Å². The summed E-state index contributed by atoms with van der Waals surface area (Å²) < 4.78 is 7.26. The number of aryl methyl sites for hydroxylation is 2. The fraction of sp³-hybridized carbons (Fsp3) is 0.273. The summed E-state index contributed by atoms with van der Waals surface area (Å²) in [5.74, 6) is 1.27. The van der Waals surface area contributed by atoms with Gasteiger partial charge >= 0.3 is 0 Å². The number of hydrogen-bond acceptors (Lipinski definition) is 6. The van der Waals surface area contributed by atoms with E-state index in [2.05, 4.69) is 32.4 Å². The van der Waals surface area contributed by atoms with Crippen molar-refractivity contribution in [1.29, 1.82) is 0 Å². The molecule has 1 aliphatic heterocycles. The summed E-state index contributed by atoms with van der Waals surface area (Å²) in [5, 5.41) is 7.19. The molecule has 0 spiro atoms. The highest BCUT2D eigenvalue weighted by Crippen LogP contribution is 2.30. The fourth-order valence-electron chi connectivity index (χ4n) is 3.88. The second-order valence-corrected chi connectivity index (χ2v) is 7.88. The van der Waals surface area contributed by atoms with Crippen LogP contribution < -0.4 is 5.32 Å². The number of likely N-dealkylation sites (N-methyl/N-ethyl adjacent to an activating group) is 1. The highest BCUT2D eigenvalue weighted by atomic mass is 16.5. The van der Waals surface area contributed by atoms with E-state index in [0.29, 0.717) is 23.1 Å². The van der Waals surface area contributed by atoms with Gasteiger partial charge in [0.15, 0.2) is 0 Å². The Kier molecular flexibility index (Phi) is 4.36. The van der Waals surface area contributed by atoms with Crippen LogP contribution in [0.5, 0.6) is 0 Å². The molecule has 1 aromatic carbocycles. The molecule has 4 heterocycles. The van der Waals surface area contributed by atoms with Crippen molar-refractivity contribution in [2.45, 2.75) is 19.8 Å². The molecule has 0 radical (unpaired) electrons. The van der Waals surface area contributed by atoms with Gasteiger partial charge < -0.3 is 14.7 Å². The van der Waals surface area contributed by atoms with Crippen molar-refractivity contribution >= 4 is 17.2 Å². The van der Waals surface area contributed by atoms with Gasteiger partial charge in [-0.1, -0.05) is 17.3 Å². The number of nitrogens with one attached hydrogen (secondary N) is 1. The van der Waals surface area contributed by atoms with E-state index in [1.807, 2.05) is 50.4 Å². The standard InChI is InChI=1S/C22H22N6O2/c1-13-8-14(2)17(24-21(29)18-10-23-19-6-4-5-7-28(18)19)9-16(13)20-25-22(30-26-20)15-11-27(3)12-15/h4-10,15H,11-12H2,1-3H3,(H,24,29). The van der Waals surface area contributed by atoms with E-state index in [1.165, 1.54) is 0 Å². The number of nitrogens with zero attached hydrogens (tertiary/aromatic N) is 5. The molecule has 1 N–H and O–H groups in total. The molecule has 1 amide bonds. The third-order valence-electron chi connectivity index (χ3n) is 5.57. The lowest BCUT2D eigenvalue weighted by molar-refractivity contribution is 0.102. The van der Waals surface area contributed by atoms with Crippen molar-refractivity contribution in [3.05, 3.63) is 65.4 Å². The second kappa shape index (κ2) is 7.07. The van der Waals surface area contributed by atoms with Crippen LogP contribution >= 0.6 is 0 Å². The number of hydrogen-bond donors (Lipinski definition) is 1. The van der Waals surface area contributed by atoms with Gasteiger partial charge in [0.1, 0.15) is 11.3 Å². The van der Waals surface area contributed by atoms with E-state index in [-0.39, 0.29) is 11.8 Å². The molecular weight excluding hydrogens is 380 g/mol. The molecule has 5 rings (SSSR count). The van der Waals surface area contributed by atoms with Crippen LogP contribution in [0.25, 0.3) is 17.0 Å². The average Bonchev–Trinajstić information content (AvgIpc) is 3.34. The number of carbonyl (C=O) groups is 1. The van der Waals surface area contributed by atoms with Gasteiger partial charge in [-0.2, -0.15) is 4.98 Å². The van der Waals surface area contributed by atoms with Crippen LogP contribution in [0.4, 0.5) is 5.69 Å². The van der Waals surface area contributed by atoms with Crippen molar-refractivity contribution in [2.24, 2.45) is 0 Å². The van der Waals surface area contributed by atoms with E-state index in [4.69, 9.17) is 4.52 Å². The molecule has 0 atom stereocenters. The normalized spacial score (nSPS) is 14.8. The molecular formula is C22H22N6O2. The zero-order chi connectivity index (χ0) is 20.8. The Bertz CT molecular complexity index is 1250. The first kappa shape index (κ1) is 18.5. The maximum absolute atomic E-state index is 12.9. The summed E-state index contributed by atoms with van der Waals surface area (Å²) in [6.07, 6.45) is 3.40. The van der Waals surface area contributed by atoms with Crippen LogP contribution in [0.2, 0.25) is 0 Å². The van der Waals surface area contributed by atoms with Gasteiger partial charge in [0.2, 0.25) is 11.7 Å². The minimum atomic E-state index is -0.224. The molecule has 0 saturated carbocycles. The SMILES string of the molecule is Cc1cc(C)c(-c2noc(C3CN(C)C3)n2)cc1NC(=O)c1cnc2ccccn12. The van der Waals surface area contributed by atoms with E-state index >= 15 is 0 Å².